The van der Waals surface area contributed by atoms with Crippen molar-refractivity contribution in [1.29, 1.82) is 0 Å². The molecule has 1 unspecified atom stereocenters. The van der Waals surface area contributed by atoms with Crippen molar-refractivity contribution < 1.29 is 9.53 Å². The summed E-state index contributed by atoms with van der Waals surface area (Å²) in [6.07, 6.45) is 7.00. The first-order valence-electron chi connectivity index (χ1n) is 8.02. The van der Waals surface area contributed by atoms with Gasteiger partial charge in [-0.15, -0.1) is 0 Å². The molecule has 0 aliphatic heterocycles. The van der Waals surface area contributed by atoms with E-state index in [1.165, 1.54) is 25.7 Å². The zero-order valence-electron chi connectivity index (χ0n) is 13.5. The lowest BCUT2D eigenvalue weighted by Gasteiger charge is -2.27. The fourth-order valence-electron chi connectivity index (χ4n) is 3.24. The van der Waals surface area contributed by atoms with Gasteiger partial charge >= 0.3 is 0 Å². The molecule has 2 rings (SSSR count). The molecule has 1 aromatic carbocycles. The summed E-state index contributed by atoms with van der Waals surface area (Å²) in [4.78, 5) is 14.3. The van der Waals surface area contributed by atoms with Gasteiger partial charge in [-0.1, -0.05) is 43.9 Å². The fraction of sp³-hybridized carbons (Fsp3) is 0.611. The summed E-state index contributed by atoms with van der Waals surface area (Å²) in [7, 11) is 3.57. The van der Waals surface area contributed by atoms with Gasteiger partial charge in [0, 0.05) is 19.0 Å². The minimum absolute atomic E-state index is 0.0391. The first kappa shape index (κ1) is 15.9. The van der Waals surface area contributed by atoms with Crippen LogP contribution in [0.1, 0.15) is 57.1 Å². The third-order valence-corrected chi connectivity index (χ3v) is 4.80. The number of hydrogen-bond acceptors (Lipinski definition) is 2. The average molecular weight is 289 g/mol. The Morgan fingerprint density at radius 3 is 2.67 bits per heavy atom. The maximum Gasteiger partial charge on any atom is 0.222 e. The van der Waals surface area contributed by atoms with E-state index in [9.17, 15) is 4.79 Å². The Balaban J connectivity index is 1.94. The summed E-state index contributed by atoms with van der Waals surface area (Å²) < 4.78 is 5.40. The molecule has 0 aromatic heterocycles. The van der Waals surface area contributed by atoms with Crippen molar-refractivity contribution in [2.45, 2.75) is 51.5 Å². The van der Waals surface area contributed by atoms with Crippen LogP contribution in [0.3, 0.4) is 0 Å². The number of nitrogens with zero attached hydrogens (tertiary/aromatic N) is 1. The van der Waals surface area contributed by atoms with Gasteiger partial charge in [0.1, 0.15) is 5.75 Å². The number of para-hydroxylation sites is 1. The van der Waals surface area contributed by atoms with Gasteiger partial charge in [-0.2, -0.15) is 0 Å². The standard InChI is InChI=1S/C18H27NO2/c1-14(16-10-6-7-11-17(16)21-3)19(2)18(20)13-12-15-8-4-5-9-15/h6-7,10-11,14-15H,4-5,8-9,12-13H2,1-3H3. The average Bonchev–Trinajstić information content (AvgIpc) is 3.04. The van der Waals surface area contributed by atoms with Crippen molar-refractivity contribution in [1.82, 2.24) is 4.90 Å². The van der Waals surface area contributed by atoms with E-state index in [2.05, 4.69) is 6.92 Å². The summed E-state index contributed by atoms with van der Waals surface area (Å²) >= 11 is 0. The molecular weight excluding hydrogens is 262 g/mol. The molecule has 116 valence electrons. The molecule has 21 heavy (non-hydrogen) atoms. The summed E-state index contributed by atoms with van der Waals surface area (Å²) in [6, 6.07) is 7.96. The third-order valence-electron chi connectivity index (χ3n) is 4.80. The first-order chi connectivity index (χ1) is 10.1. The largest absolute Gasteiger partial charge is 0.496 e. The summed E-state index contributed by atoms with van der Waals surface area (Å²) in [6.45, 7) is 2.06. The minimum atomic E-state index is 0.0391. The lowest BCUT2D eigenvalue weighted by atomic mass is 10.0. The highest BCUT2D eigenvalue weighted by Gasteiger charge is 2.22. The second kappa shape index (κ2) is 7.48. The lowest BCUT2D eigenvalue weighted by molar-refractivity contribution is -0.132. The van der Waals surface area contributed by atoms with Crippen LogP contribution in [0.5, 0.6) is 5.75 Å². The van der Waals surface area contributed by atoms with E-state index in [1.54, 1.807) is 7.11 Å². The normalized spacial score (nSPS) is 16.7. The summed E-state index contributed by atoms with van der Waals surface area (Å²) in [5.41, 5.74) is 1.07. The molecule has 1 amide bonds. The van der Waals surface area contributed by atoms with Crippen LogP contribution < -0.4 is 4.74 Å². The molecular formula is C18H27NO2. The first-order valence-corrected chi connectivity index (χ1v) is 8.02. The summed E-state index contributed by atoms with van der Waals surface area (Å²) in [5.74, 6) is 1.85. The summed E-state index contributed by atoms with van der Waals surface area (Å²) in [5, 5.41) is 0. The Morgan fingerprint density at radius 2 is 2.00 bits per heavy atom. The molecule has 1 fully saturated rings. The molecule has 0 radical (unpaired) electrons. The highest BCUT2D eigenvalue weighted by atomic mass is 16.5. The molecule has 0 spiro atoms. The van der Waals surface area contributed by atoms with Crippen molar-refractivity contribution >= 4 is 5.91 Å². The van der Waals surface area contributed by atoms with Gasteiger partial charge in [-0.25, -0.2) is 0 Å². The van der Waals surface area contributed by atoms with E-state index in [0.717, 1.165) is 23.7 Å². The maximum atomic E-state index is 12.4. The van der Waals surface area contributed by atoms with E-state index in [4.69, 9.17) is 4.74 Å². The Kier molecular flexibility index (Phi) is 5.66. The minimum Gasteiger partial charge on any atom is -0.496 e. The topological polar surface area (TPSA) is 29.5 Å². The van der Waals surface area contributed by atoms with Crippen molar-refractivity contribution in [3.63, 3.8) is 0 Å². The van der Waals surface area contributed by atoms with Gasteiger partial charge in [0.25, 0.3) is 0 Å². The van der Waals surface area contributed by atoms with Crippen LogP contribution in [0, 0.1) is 5.92 Å². The van der Waals surface area contributed by atoms with Crippen LogP contribution in [0.2, 0.25) is 0 Å². The zero-order chi connectivity index (χ0) is 15.2. The Morgan fingerprint density at radius 1 is 1.33 bits per heavy atom. The van der Waals surface area contributed by atoms with E-state index in [-0.39, 0.29) is 11.9 Å². The van der Waals surface area contributed by atoms with Gasteiger partial charge in [-0.05, 0) is 25.3 Å². The van der Waals surface area contributed by atoms with Crippen molar-refractivity contribution in [3.05, 3.63) is 29.8 Å². The SMILES string of the molecule is COc1ccccc1C(C)N(C)C(=O)CCC1CCCC1. The molecule has 0 N–H and O–H groups in total. The monoisotopic (exact) mass is 289 g/mol. The zero-order valence-corrected chi connectivity index (χ0v) is 13.5. The Bertz CT molecular complexity index is 466. The molecule has 3 nitrogen and oxygen atoms in total. The molecule has 1 saturated carbocycles. The van der Waals surface area contributed by atoms with Crippen molar-refractivity contribution in [2.75, 3.05) is 14.2 Å². The number of methoxy groups -OCH3 is 1. The second-order valence-corrected chi connectivity index (χ2v) is 6.11. The number of benzene rings is 1. The van der Waals surface area contributed by atoms with E-state index >= 15 is 0 Å². The molecule has 1 atom stereocenters. The van der Waals surface area contributed by atoms with Crippen LogP contribution >= 0.6 is 0 Å². The van der Waals surface area contributed by atoms with Gasteiger partial charge < -0.3 is 9.64 Å². The smallest absolute Gasteiger partial charge is 0.222 e. The molecule has 0 bridgehead atoms. The predicted octanol–water partition coefficient (Wildman–Crippen LogP) is 4.19. The van der Waals surface area contributed by atoms with Crippen LogP contribution in [-0.2, 0) is 4.79 Å². The van der Waals surface area contributed by atoms with Crippen LogP contribution in [0.4, 0.5) is 0 Å². The highest BCUT2D eigenvalue weighted by Crippen LogP contribution is 2.31. The molecule has 1 aliphatic rings. The maximum absolute atomic E-state index is 12.4. The van der Waals surface area contributed by atoms with Crippen molar-refractivity contribution in [2.24, 2.45) is 5.92 Å². The molecule has 3 heteroatoms. The second-order valence-electron chi connectivity index (χ2n) is 6.11. The molecule has 1 aromatic rings. The number of hydrogen-bond donors (Lipinski definition) is 0. The van der Waals surface area contributed by atoms with Gasteiger partial charge in [0.15, 0.2) is 0 Å². The number of ether oxygens (including phenoxy) is 1. The highest BCUT2D eigenvalue weighted by molar-refractivity contribution is 5.76. The van der Waals surface area contributed by atoms with Gasteiger partial charge in [-0.3, -0.25) is 4.79 Å². The van der Waals surface area contributed by atoms with E-state index < -0.39 is 0 Å². The lowest BCUT2D eigenvalue weighted by Crippen LogP contribution is -2.30. The quantitative estimate of drug-likeness (QED) is 0.786. The van der Waals surface area contributed by atoms with E-state index in [1.807, 2.05) is 36.2 Å². The molecule has 0 heterocycles. The molecule has 1 aliphatic carbocycles. The predicted molar refractivity (Wildman–Crippen MR) is 85.4 cm³/mol. The number of amides is 1. The van der Waals surface area contributed by atoms with Crippen LogP contribution in [-0.4, -0.2) is 25.0 Å². The number of carbonyl (C=O) groups is 1. The fourth-order valence-corrected chi connectivity index (χ4v) is 3.24. The Labute approximate surface area is 128 Å². The Hall–Kier alpha value is -1.51. The number of carbonyl (C=O) groups excluding carboxylic acids is 1. The number of rotatable bonds is 6. The van der Waals surface area contributed by atoms with Gasteiger partial charge in [0.05, 0.1) is 13.2 Å². The van der Waals surface area contributed by atoms with E-state index in [0.29, 0.717) is 6.42 Å². The van der Waals surface area contributed by atoms with Crippen molar-refractivity contribution in [3.8, 4) is 5.75 Å². The molecule has 0 saturated heterocycles. The third kappa shape index (κ3) is 3.99. The van der Waals surface area contributed by atoms with Crippen LogP contribution in [0.25, 0.3) is 0 Å². The van der Waals surface area contributed by atoms with Gasteiger partial charge in [0.2, 0.25) is 5.91 Å². The van der Waals surface area contributed by atoms with Crippen LogP contribution in [0.15, 0.2) is 24.3 Å².